The smallest absolute Gasteiger partial charge is 0.0132 e. The minimum Gasteiger partial charge on any atom is -0.313 e. The predicted molar refractivity (Wildman–Crippen MR) is 75.2 cm³/mol. The molecule has 1 atom stereocenters. The summed E-state index contributed by atoms with van der Waals surface area (Å²) in [7, 11) is 0. The van der Waals surface area contributed by atoms with E-state index in [2.05, 4.69) is 18.3 Å². The van der Waals surface area contributed by atoms with Gasteiger partial charge in [-0.3, -0.25) is 0 Å². The molecule has 1 fully saturated rings. The van der Waals surface area contributed by atoms with E-state index in [1.807, 2.05) is 0 Å². The van der Waals surface area contributed by atoms with E-state index >= 15 is 0 Å². The van der Waals surface area contributed by atoms with Crippen molar-refractivity contribution in [1.82, 2.24) is 5.32 Å². The van der Waals surface area contributed by atoms with E-state index in [4.69, 9.17) is 0 Å². The van der Waals surface area contributed by atoms with Crippen LogP contribution in [0.15, 0.2) is 11.6 Å². The van der Waals surface area contributed by atoms with Gasteiger partial charge in [0.2, 0.25) is 0 Å². The Labute approximate surface area is 107 Å². The first-order valence-electron chi connectivity index (χ1n) is 7.81. The standard InChI is InChI=1S/C16H29N/c1-2-12-17-16(15-10-6-7-11-15)13-14-8-4-3-5-9-14/h8,15-17H,2-7,9-13H2,1H3. The van der Waals surface area contributed by atoms with Crippen LogP contribution >= 0.6 is 0 Å². The second kappa shape index (κ2) is 7.20. The molecule has 0 radical (unpaired) electrons. The van der Waals surface area contributed by atoms with Crippen molar-refractivity contribution in [2.24, 2.45) is 5.92 Å². The summed E-state index contributed by atoms with van der Waals surface area (Å²) in [5.74, 6) is 0.962. The van der Waals surface area contributed by atoms with Crippen molar-refractivity contribution in [2.45, 2.75) is 77.2 Å². The van der Waals surface area contributed by atoms with E-state index in [9.17, 15) is 0 Å². The molecule has 2 rings (SSSR count). The van der Waals surface area contributed by atoms with Crippen molar-refractivity contribution in [3.05, 3.63) is 11.6 Å². The van der Waals surface area contributed by atoms with E-state index in [0.29, 0.717) is 0 Å². The highest BCUT2D eigenvalue weighted by molar-refractivity contribution is 5.08. The van der Waals surface area contributed by atoms with Crippen LogP contribution in [0.4, 0.5) is 0 Å². The average Bonchev–Trinajstić information content (AvgIpc) is 2.89. The maximum atomic E-state index is 3.82. The van der Waals surface area contributed by atoms with Crippen LogP contribution in [-0.2, 0) is 0 Å². The number of hydrogen-bond acceptors (Lipinski definition) is 1. The van der Waals surface area contributed by atoms with Crippen LogP contribution < -0.4 is 5.32 Å². The molecule has 0 heterocycles. The summed E-state index contributed by atoms with van der Waals surface area (Å²) in [5, 5.41) is 3.82. The van der Waals surface area contributed by atoms with E-state index in [1.54, 1.807) is 5.57 Å². The van der Waals surface area contributed by atoms with Gasteiger partial charge >= 0.3 is 0 Å². The highest BCUT2D eigenvalue weighted by Gasteiger charge is 2.25. The summed E-state index contributed by atoms with van der Waals surface area (Å²) in [6.45, 7) is 3.48. The highest BCUT2D eigenvalue weighted by atomic mass is 14.9. The molecular formula is C16H29N. The second-order valence-corrected chi connectivity index (χ2v) is 5.92. The molecule has 17 heavy (non-hydrogen) atoms. The van der Waals surface area contributed by atoms with Gasteiger partial charge in [0.15, 0.2) is 0 Å². The summed E-state index contributed by atoms with van der Waals surface area (Å²) in [6.07, 6.45) is 16.5. The summed E-state index contributed by atoms with van der Waals surface area (Å²) in [4.78, 5) is 0. The molecule has 0 aromatic carbocycles. The van der Waals surface area contributed by atoms with Crippen LogP contribution in [0.1, 0.15) is 71.1 Å². The Morgan fingerprint density at radius 2 is 2.06 bits per heavy atom. The fourth-order valence-electron chi connectivity index (χ4n) is 3.47. The predicted octanol–water partition coefficient (Wildman–Crippen LogP) is 4.44. The van der Waals surface area contributed by atoms with Gasteiger partial charge in [0.1, 0.15) is 0 Å². The quantitative estimate of drug-likeness (QED) is 0.671. The molecule has 0 spiro atoms. The Bertz CT molecular complexity index is 238. The number of allylic oxidation sites excluding steroid dienone is 1. The SMILES string of the molecule is CCCNC(CC1=CCCCC1)C1CCCC1. The van der Waals surface area contributed by atoms with E-state index < -0.39 is 0 Å². The van der Waals surface area contributed by atoms with Crippen molar-refractivity contribution < 1.29 is 0 Å². The van der Waals surface area contributed by atoms with Gasteiger partial charge in [-0.2, -0.15) is 0 Å². The molecule has 1 unspecified atom stereocenters. The zero-order valence-electron chi connectivity index (χ0n) is 11.5. The number of rotatable bonds is 6. The average molecular weight is 235 g/mol. The van der Waals surface area contributed by atoms with Gasteiger partial charge < -0.3 is 5.32 Å². The van der Waals surface area contributed by atoms with Gasteiger partial charge in [-0.1, -0.05) is 31.4 Å². The van der Waals surface area contributed by atoms with Crippen molar-refractivity contribution in [1.29, 1.82) is 0 Å². The molecule has 2 aliphatic carbocycles. The molecule has 0 bridgehead atoms. The Hall–Kier alpha value is -0.300. The molecule has 2 aliphatic rings. The summed E-state index contributed by atoms with van der Waals surface area (Å²) >= 11 is 0. The van der Waals surface area contributed by atoms with Crippen LogP contribution in [0.5, 0.6) is 0 Å². The topological polar surface area (TPSA) is 12.0 Å². The first kappa shape index (κ1) is 13.1. The summed E-state index contributed by atoms with van der Waals surface area (Å²) in [6, 6.07) is 0.779. The van der Waals surface area contributed by atoms with Crippen LogP contribution in [0.25, 0.3) is 0 Å². The largest absolute Gasteiger partial charge is 0.313 e. The fraction of sp³-hybridized carbons (Fsp3) is 0.875. The van der Waals surface area contributed by atoms with E-state index in [-0.39, 0.29) is 0 Å². The van der Waals surface area contributed by atoms with E-state index in [1.165, 1.54) is 70.8 Å². The van der Waals surface area contributed by atoms with Crippen LogP contribution in [0, 0.1) is 5.92 Å². The van der Waals surface area contributed by atoms with Gasteiger partial charge in [-0.25, -0.2) is 0 Å². The lowest BCUT2D eigenvalue weighted by molar-refractivity contribution is 0.351. The van der Waals surface area contributed by atoms with Crippen LogP contribution in [0.2, 0.25) is 0 Å². The zero-order chi connectivity index (χ0) is 11.9. The van der Waals surface area contributed by atoms with Crippen molar-refractivity contribution in [3.8, 4) is 0 Å². The maximum Gasteiger partial charge on any atom is 0.0132 e. The number of hydrogen-bond donors (Lipinski definition) is 1. The Balaban J connectivity index is 1.86. The van der Waals surface area contributed by atoms with Crippen LogP contribution in [0.3, 0.4) is 0 Å². The first-order chi connectivity index (χ1) is 8.40. The lowest BCUT2D eigenvalue weighted by Crippen LogP contribution is -2.36. The molecule has 0 aromatic heterocycles. The monoisotopic (exact) mass is 235 g/mol. The molecule has 1 N–H and O–H groups in total. The van der Waals surface area contributed by atoms with Gasteiger partial charge in [-0.15, -0.1) is 0 Å². The van der Waals surface area contributed by atoms with Gasteiger partial charge in [-0.05, 0) is 63.8 Å². The van der Waals surface area contributed by atoms with Crippen molar-refractivity contribution in [2.75, 3.05) is 6.54 Å². The van der Waals surface area contributed by atoms with Gasteiger partial charge in [0.25, 0.3) is 0 Å². The summed E-state index contributed by atoms with van der Waals surface area (Å²) < 4.78 is 0. The lowest BCUT2D eigenvalue weighted by atomic mass is 9.88. The maximum absolute atomic E-state index is 3.82. The highest BCUT2D eigenvalue weighted by Crippen LogP contribution is 2.32. The normalized spacial score (nSPS) is 23.7. The Morgan fingerprint density at radius 3 is 2.71 bits per heavy atom. The molecule has 0 aliphatic heterocycles. The Kier molecular flexibility index (Phi) is 5.57. The van der Waals surface area contributed by atoms with Crippen molar-refractivity contribution >= 4 is 0 Å². The molecular weight excluding hydrogens is 206 g/mol. The van der Waals surface area contributed by atoms with Gasteiger partial charge in [0.05, 0.1) is 0 Å². The third-order valence-electron chi connectivity index (χ3n) is 4.49. The fourth-order valence-corrected chi connectivity index (χ4v) is 3.47. The number of nitrogens with one attached hydrogen (secondary N) is 1. The molecule has 1 saturated carbocycles. The zero-order valence-corrected chi connectivity index (χ0v) is 11.5. The first-order valence-corrected chi connectivity index (χ1v) is 7.81. The van der Waals surface area contributed by atoms with Gasteiger partial charge in [0, 0.05) is 6.04 Å². The van der Waals surface area contributed by atoms with Crippen LogP contribution in [-0.4, -0.2) is 12.6 Å². The molecule has 1 heteroatoms. The second-order valence-electron chi connectivity index (χ2n) is 5.92. The molecule has 98 valence electrons. The third kappa shape index (κ3) is 4.13. The molecule has 0 amide bonds. The Morgan fingerprint density at radius 1 is 1.24 bits per heavy atom. The third-order valence-corrected chi connectivity index (χ3v) is 4.49. The molecule has 0 aromatic rings. The van der Waals surface area contributed by atoms with Crippen molar-refractivity contribution in [3.63, 3.8) is 0 Å². The lowest BCUT2D eigenvalue weighted by Gasteiger charge is -2.27. The minimum absolute atomic E-state index is 0.779. The molecule has 0 saturated heterocycles. The van der Waals surface area contributed by atoms with E-state index in [0.717, 1.165) is 12.0 Å². The minimum atomic E-state index is 0.779. The molecule has 1 nitrogen and oxygen atoms in total. The summed E-state index contributed by atoms with van der Waals surface area (Å²) in [5.41, 5.74) is 1.75.